The van der Waals surface area contributed by atoms with Crippen LogP contribution >= 0.6 is 0 Å². The predicted octanol–water partition coefficient (Wildman–Crippen LogP) is 3.53. The minimum atomic E-state index is -0.177. The van der Waals surface area contributed by atoms with Crippen LogP contribution in [0.4, 0.5) is 0 Å². The van der Waals surface area contributed by atoms with Gasteiger partial charge in [0.1, 0.15) is 5.78 Å². The van der Waals surface area contributed by atoms with Gasteiger partial charge in [0.15, 0.2) is 5.78 Å². The smallest absolute Gasteiger partial charge is 0.156 e. The Morgan fingerprint density at radius 1 is 1.09 bits per heavy atom. The summed E-state index contributed by atoms with van der Waals surface area (Å²) in [5.41, 5.74) is 1.39. The molecule has 0 saturated heterocycles. The molecule has 0 aromatic rings. The van der Waals surface area contributed by atoms with Gasteiger partial charge in [-0.3, -0.25) is 9.59 Å². The normalized spacial score (nSPS) is 47.8. The molecule has 0 radical (unpaired) electrons. The molecule has 3 saturated carbocycles. The molecule has 4 heteroatoms. The van der Waals surface area contributed by atoms with E-state index in [2.05, 4.69) is 19.0 Å². The fraction of sp³-hybridized carbons (Fsp3) is 0.737. The molecular weight excluding hydrogens is 290 g/mol. The highest BCUT2D eigenvalue weighted by Gasteiger charge is 2.60. The summed E-state index contributed by atoms with van der Waals surface area (Å²) in [7, 11) is 0. The van der Waals surface area contributed by atoms with Crippen molar-refractivity contribution in [3.8, 4) is 0 Å². The number of nitrogens with zero attached hydrogens (tertiary/aromatic N) is 1. The number of oxime groups is 1. The molecule has 0 aliphatic heterocycles. The Bertz CT molecular complexity index is 649. The molecule has 3 fully saturated rings. The number of fused-ring (bicyclic) bond motifs is 5. The zero-order valence-electron chi connectivity index (χ0n) is 14.0. The Morgan fingerprint density at radius 3 is 2.57 bits per heavy atom. The van der Waals surface area contributed by atoms with Crippen molar-refractivity contribution in [2.75, 3.05) is 0 Å². The summed E-state index contributed by atoms with van der Waals surface area (Å²) in [5, 5.41) is 13.1. The fourth-order valence-corrected chi connectivity index (χ4v) is 6.28. The van der Waals surface area contributed by atoms with E-state index in [1.807, 2.05) is 0 Å². The third-order valence-electron chi connectivity index (χ3n) is 7.64. The standard InChI is InChI=1S/C19H25NO3/c1-18-7-5-11(21)9-15(18)16(20-23)10-12-13-3-4-17(22)19(13,2)8-6-14(12)18/h9,12-14,23H,3-8,10H2,1-2H3/b20-16-/t12-,13-,14-,18+,19-/m0/s1. The van der Waals surface area contributed by atoms with E-state index in [1.165, 1.54) is 0 Å². The van der Waals surface area contributed by atoms with E-state index in [1.54, 1.807) is 6.08 Å². The fourth-order valence-electron chi connectivity index (χ4n) is 6.28. The Kier molecular flexibility index (Phi) is 3.14. The van der Waals surface area contributed by atoms with E-state index >= 15 is 0 Å². The van der Waals surface area contributed by atoms with Crippen LogP contribution in [0.2, 0.25) is 0 Å². The van der Waals surface area contributed by atoms with Gasteiger partial charge >= 0.3 is 0 Å². The molecule has 0 aromatic heterocycles. The van der Waals surface area contributed by atoms with Crippen LogP contribution in [0.15, 0.2) is 16.8 Å². The topological polar surface area (TPSA) is 66.7 Å². The summed E-state index contributed by atoms with van der Waals surface area (Å²) in [5.74, 6) is 1.88. The molecule has 23 heavy (non-hydrogen) atoms. The zero-order chi connectivity index (χ0) is 16.4. The molecule has 0 unspecified atom stereocenters. The van der Waals surface area contributed by atoms with E-state index in [0.717, 1.165) is 31.3 Å². The molecule has 0 aromatic carbocycles. The van der Waals surface area contributed by atoms with E-state index < -0.39 is 0 Å². The lowest BCUT2D eigenvalue weighted by atomic mass is 9.47. The number of hydrogen-bond donors (Lipinski definition) is 1. The number of carbonyl (C=O) groups is 2. The molecule has 5 atom stereocenters. The minimum absolute atomic E-state index is 0.0780. The maximum Gasteiger partial charge on any atom is 0.156 e. The van der Waals surface area contributed by atoms with Gasteiger partial charge in [0, 0.05) is 18.3 Å². The summed E-state index contributed by atoms with van der Waals surface area (Å²) < 4.78 is 0. The first-order chi connectivity index (χ1) is 10.9. The van der Waals surface area contributed by atoms with Gasteiger partial charge in [-0.05, 0) is 66.9 Å². The SMILES string of the molecule is C[C@]12CCC(=O)C=C1/C(=N\O)C[C@@H]1[C@@H]2CC[C@]2(C)C(=O)CC[C@@H]12. The Balaban J connectivity index is 1.79. The van der Waals surface area contributed by atoms with Gasteiger partial charge in [-0.15, -0.1) is 0 Å². The van der Waals surface area contributed by atoms with Crippen LogP contribution in [0.1, 0.15) is 58.8 Å². The van der Waals surface area contributed by atoms with Crippen LogP contribution < -0.4 is 0 Å². The first-order valence-corrected chi connectivity index (χ1v) is 8.90. The number of hydrogen-bond acceptors (Lipinski definition) is 4. The van der Waals surface area contributed by atoms with Crippen LogP contribution in [0, 0.1) is 28.6 Å². The molecule has 0 bridgehead atoms. The third kappa shape index (κ3) is 1.87. The Morgan fingerprint density at radius 2 is 1.83 bits per heavy atom. The van der Waals surface area contributed by atoms with Gasteiger partial charge in [0.25, 0.3) is 0 Å². The first kappa shape index (κ1) is 15.1. The van der Waals surface area contributed by atoms with Crippen LogP contribution in [-0.4, -0.2) is 22.5 Å². The summed E-state index contributed by atoms with van der Waals surface area (Å²) >= 11 is 0. The molecule has 4 aliphatic carbocycles. The maximum absolute atomic E-state index is 12.4. The van der Waals surface area contributed by atoms with Crippen LogP contribution in [0.25, 0.3) is 0 Å². The van der Waals surface area contributed by atoms with E-state index in [-0.39, 0.29) is 16.6 Å². The van der Waals surface area contributed by atoms with Gasteiger partial charge in [0.2, 0.25) is 0 Å². The lowest BCUT2D eigenvalue weighted by Crippen LogP contribution is -2.53. The van der Waals surface area contributed by atoms with Gasteiger partial charge in [-0.2, -0.15) is 0 Å². The molecule has 124 valence electrons. The van der Waals surface area contributed by atoms with Crippen molar-refractivity contribution in [3.63, 3.8) is 0 Å². The van der Waals surface area contributed by atoms with E-state index in [9.17, 15) is 14.8 Å². The number of allylic oxidation sites excluding steroid dienone is 1. The summed E-state index contributed by atoms with van der Waals surface area (Å²) in [6.07, 6.45) is 7.56. The van der Waals surface area contributed by atoms with Gasteiger partial charge in [0.05, 0.1) is 5.71 Å². The van der Waals surface area contributed by atoms with Crippen molar-refractivity contribution in [1.29, 1.82) is 0 Å². The quantitative estimate of drug-likeness (QED) is 0.549. The number of ketones is 2. The third-order valence-corrected chi connectivity index (χ3v) is 7.64. The second-order valence-electron chi connectivity index (χ2n) is 8.49. The monoisotopic (exact) mass is 315 g/mol. The highest BCUT2D eigenvalue weighted by molar-refractivity contribution is 6.08. The Hall–Kier alpha value is -1.45. The van der Waals surface area contributed by atoms with Crippen molar-refractivity contribution in [1.82, 2.24) is 0 Å². The average Bonchev–Trinajstić information content (AvgIpc) is 2.83. The van der Waals surface area contributed by atoms with E-state index in [0.29, 0.717) is 48.5 Å². The minimum Gasteiger partial charge on any atom is -0.411 e. The molecule has 0 spiro atoms. The highest BCUT2D eigenvalue weighted by atomic mass is 16.4. The zero-order valence-corrected chi connectivity index (χ0v) is 14.0. The van der Waals surface area contributed by atoms with Crippen LogP contribution in [0.3, 0.4) is 0 Å². The maximum atomic E-state index is 12.4. The summed E-state index contributed by atoms with van der Waals surface area (Å²) in [4.78, 5) is 24.3. The second-order valence-corrected chi connectivity index (χ2v) is 8.49. The van der Waals surface area contributed by atoms with Crippen molar-refractivity contribution in [2.24, 2.45) is 33.7 Å². The molecule has 0 heterocycles. The van der Waals surface area contributed by atoms with Crippen molar-refractivity contribution < 1.29 is 14.8 Å². The highest BCUT2D eigenvalue weighted by Crippen LogP contribution is 2.63. The average molecular weight is 315 g/mol. The van der Waals surface area contributed by atoms with Crippen molar-refractivity contribution in [2.45, 2.75) is 58.8 Å². The lowest BCUT2D eigenvalue weighted by Gasteiger charge is -2.56. The Labute approximate surface area is 137 Å². The molecule has 4 nitrogen and oxygen atoms in total. The first-order valence-electron chi connectivity index (χ1n) is 8.90. The lowest BCUT2D eigenvalue weighted by molar-refractivity contribution is -0.131. The molecule has 4 rings (SSSR count). The van der Waals surface area contributed by atoms with Crippen molar-refractivity contribution >= 4 is 17.3 Å². The van der Waals surface area contributed by atoms with Crippen molar-refractivity contribution in [3.05, 3.63) is 11.6 Å². The predicted molar refractivity (Wildman–Crippen MR) is 86.3 cm³/mol. The number of Topliss-reactive ketones (excluding diaryl/α,β-unsaturated/α-hetero) is 1. The van der Waals surface area contributed by atoms with Gasteiger partial charge in [-0.25, -0.2) is 0 Å². The molecule has 1 N–H and O–H groups in total. The molecule has 4 aliphatic rings. The summed E-state index contributed by atoms with van der Waals surface area (Å²) in [6.45, 7) is 4.39. The van der Waals surface area contributed by atoms with Crippen LogP contribution in [0.5, 0.6) is 0 Å². The van der Waals surface area contributed by atoms with Gasteiger partial charge < -0.3 is 5.21 Å². The largest absolute Gasteiger partial charge is 0.411 e. The second kappa shape index (κ2) is 4.78. The van der Waals surface area contributed by atoms with E-state index in [4.69, 9.17) is 0 Å². The number of rotatable bonds is 0. The van der Waals surface area contributed by atoms with Crippen LogP contribution in [-0.2, 0) is 9.59 Å². The molecular formula is C19H25NO3. The molecule has 0 amide bonds. The summed E-state index contributed by atoms with van der Waals surface area (Å²) in [6, 6.07) is 0. The van der Waals surface area contributed by atoms with Gasteiger partial charge in [-0.1, -0.05) is 19.0 Å². The number of carbonyl (C=O) groups excluding carboxylic acids is 2.